The fourth-order valence-electron chi connectivity index (χ4n) is 3.94. The molecule has 1 saturated heterocycles. The van der Waals surface area contributed by atoms with E-state index in [4.69, 9.17) is 14.2 Å². The number of hydrogen-bond donors (Lipinski definition) is 0. The highest BCUT2D eigenvalue weighted by Gasteiger charge is 2.36. The predicted octanol–water partition coefficient (Wildman–Crippen LogP) is 3.99. The summed E-state index contributed by atoms with van der Waals surface area (Å²) in [5.74, 6) is -1.90. The maximum absolute atomic E-state index is 12.5. The Bertz CT molecular complexity index is 1380. The molecule has 1 aliphatic heterocycles. The van der Waals surface area contributed by atoms with Crippen molar-refractivity contribution in [3.63, 3.8) is 0 Å². The smallest absolute Gasteiger partial charge is 0.343 e. The Balaban J connectivity index is 1.27. The number of hydrogen-bond acceptors (Lipinski definition) is 9. The Morgan fingerprint density at radius 3 is 2.15 bits per heavy atom. The molecule has 0 bridgehead atoms. The van der Waals surface area contributed by atoms with Crippen LogP contribution in [-0.4, -0.2) is 48.3 Å². The van der Waals surface area contributed by atoms with Crippen molar-refractivity contribution in [1.82, 2.24) is 0 Å². The average Bonchev–Trinajstić information content (AvgIpc) is 3.34. The van der Waals surface area contributed by atoms with Crippen LogP contribution in [0.15, 0.2) is 72.8 Å². The van der Waals surface area contributed by atoms with Crippen molar-refractivity contribution in [3.8, 4) is 11.5 Å². The van der Waals surface area contributed by atoms with Gasteiger partial charge in [-0.2, -0.15) is 0 Å². The highest BCUT2D eigenvalue weighted by Crippen LogP contribution is 2.27. The minimum atomic E-state index is -0.719. The molecule has 0 radical (unpaired) electrons. The molecule has 11 nitrogen and oxygen atoms in total. The molecule has 1 amide bonds. The first-order valence-electron chi connectivity index (χ1n) is 12.0. The second-order valence-corrected chi connectivity index (χ2v) is 8.58. The number of ether oxygens (including phenoxy) is 3. The monoisotopic (exact) mass is 532 g/mol. The predicted molar refractivity (Wildman–Crippen MR) is 138 cm³/mol. The average molecular weight is 533 g/mol. The maximum atomic E-state index is 12.5. The molecule has 3 aromatic carbocycles. The van der Waals surface area contributed by atoms with Crippen LogP contribution in [0.1, 0.15) is 34.1 Å². The van der Waals surface area contributed by atoms with E-state index in [0.29, 0.717) is 18.0 Å². The van der Waals surface area contributed by atoms with E-state index in [1.54, 1.807) is 24.3 Å². The molecule has 1 aliphatic rings. The third-order valence-electron chi connectivity index (χ3n) is 5.96. The van der Waals surface area contributed by atoms with Crippen LogP contribution >= 0.6 is 0 Å². The molecule has 0 spiro atoms. The standard InChI is InChI=1S/C28H24N2O9/c1-2-37-23-13-9-21(10-14-23)29-16-20(15-26(29)32)27(33)38-17-25(31)18-5-11-24(12-6-18)39-28(34)19-3-7-22(8-4-19)30(35)36/h3-14,20H,2,15-17H2,1H3/t20-/m0/s1. The number of carbonyl (C=O) groups excluding carboxylic acids is 4. The minimum Gasteiger partial charge on any atom is -0.494 e. The first-order chi connectivity index (χ1) is 18.7. The highest BCUT2D eigenvalue weighted by atomic mass is 16.6. The molecule has 200 valence electrons. The summed E-state index contributed by atoms with van der Waals surface area (Å²) in [6, 6.07) is 17.6. The Kier molecular flexibility index (Phi) is 8.30. The van der Waals surface area contributed by atoms with Crippen LogP contribution in [0.25, 0.3) is 0 Å². The summed E-state index contributed by atoms with van der Waals surface area (Å²) in [6.07, 6.45) is -0.0188. The summed E-state index contributed by atoms with van der Waals surface area (Å²) < 4.78 is 15.8. The largest absolute Gasteiger partial charge is 0.494 e. The molecular formula is C28H24N2O9. The van der Waals surface area contributed by atoms with Crippen LogP contribution in [0.4, 0.5) is 11.4 Å². The van der Waals surface area contributed by atoms with Gasteiger partial charge in [-0.1, -0.05) is 0 Å². The van der Waals surface area contributed by atoms with Crippen molar-refractivity contribution < 1.29 is 38.3 Å². The number of rotatable bonds is 10. The van der Waals surface area contributed by atoms with Crippen LogP contribution in [-0.2, 0) is 14.3 Å². The number of anilines is 1. The summed E-state index contributed by atoms with van der Waals surface area (Å²) in [5, 5.41) is 10.7. The topological polar surface area (TPSA) is 142 Å². The fourth-order valence-corrected chi connectivity index (χ4v) is 3.94. The Morgan fingerprint density at radius 1 is 0.923 bits per heavy atom. The van der Waals surface area contributed by atoms with Gasteiger partial charge in [0.25, 0.3) is 5.69 Å². The number of Topliss-reactive ketones (excluding diaryl/α,β-unsaturated/α-hetero) is 1. The zero-order valence-electron chi connectivity index (χ0n) is 20.9. The van der Waals surface area contributed by atoms with Crippen molar-refractivity contribution in [3.05, 3.63) is 94.0 Å². The van der Waals surface area contributed by atoms with Crippen molar-refractivity contribution >= 4 is 35.0 Å². The van der Waals surface area contributed by atoms with Gasteiger partial charge in [0.1, 0.15) is 11.5 Å². The van der Waals surface area contributed by atoms with Gasteiger partial charge < -0.3 is 19.1 Å². The molecule has 4 rings (SSSR count). The lowest BCUT2D eigenvalue weighted by atomic mass is 10.1. The molecule has 0 saturated carbocycles. The van der Waals surface area contributed by atoms with Gasteiger partial charge in [-0.3, -0.25) is 24.5 Å². The lowest BCUT2D eigenvalue weighted by molar-refractivity contribution is -0.384. The fraction of sp³-hybridized carbons (Fsp3) is 0.214. The summed E-state index contributed by atoms with van der Waals surface area (Å²) in [6.45, 7) is 2.04. The molecule has 1 fully saturated rings. The van der Waals surface area contributed by atoms with Crippen molar-refractivity contribution in [2.45, 2.75) is 13.3 Å². The summed E-state index contributed by atoms with van der Waals surface area (Å²) >= 11 is 0. The quantitative estimate of drug-likeness (QED) is 0.124. The number of esters is 2. The molecule has 1 atom stereocenters. The van der Waals surface area contributed by atoms with E-state index in [1.807, 2.05) is 6.92 Å². The summed E-state index contributed by atoms with van der Waals surface area (Å²) in [4.78, 5) is 61.4. The second-order valence-electron chi connectivity index (χ2n) is 8.58. The van der Waals surface area contributed by atoms with Crippen LogP contribution in [0.5, 0.6) is 11.5 Å². The van der Waals surface area contributed by atoms with Crippen LogP contribution in [0.3, 0.4) is 0 Å². The summed E-state index contributed by atoms with van der Waals surface area (Å²) in [5.41, 5.74) is 0.847. The zero-order chi connectivity index (χ0) is 27.9. The molecular weight excluding hydrogens is 508 g/mol. The number of carbonyl (C=O) groups is 4. The molecule has 0 aromatic heterocycles. The Hall–Kier alpha value is -5.06. The van der Waals surface area contributed by atoms with Gasteiger partial charge in [0.05, 0.1) is 23.0 Å². The van der Waals surface area contributed by atoms with E-state index in [2.05, 4.69) is 0 Å². The van der Waals surface area contributed by atoms with Gasteiger partial charge in [-0.05, 0) is 67.6 Å². The normalized spacial score (nSPS) is 14.5. The molecule has 11 heteroatoms. The van der Waals surface area contributed by atoms with Crippen molar-refractivity contribution in [2.75, 3.05) is 24.7 Å². The Labute approximate surface area is 223 Å². The van der Waals surface area contributed by atoms with Crippen LogP contribution in [0.2, 0.25) is 0 Å². The number of non-ortho nitro benzene ring substituents is 1. The summed E-state index contributed by atoms with van der Waals surface area (Å²) in [7, 11) is 0. The van der Waals surface area contributed by atoms with Crippen LogP contribution in [0, 0.1) is 16.0 Å². The zero-order valence-corrected chi connectivity index (χ0v) is 20.9. The number of nitrogens with zero attached hydrogens (tertiary/aromatic N) is 2. The first kappa shape index (κ1) is 27.0. The molecule has 0 unspecified atom stereocenters. The second kappa shape index (κ2) is 12.0. The highest BCUT2D eigenvalue weighted by molar-refractivity contribution is 6.01. The first-order valence-corrected chi connectivity index (χ1v) is 12.0. The number of nitro groups is 1. The maximum Gasteiger partial charge on any atom is 0.343 e. The Morgan fingerprint density at radius 2 is 1.54 bits per heavy atom. The number of amides is 1. The molecule has 1 heterocycles. The van der Waals surface area contributed by atoms with Crippen molar-refractivity contribution in [1.29, 1.82) is 0 Å². The minimum absolute atomic E-state index is 0.0188. The van der Waals surface area contributed by atoms with Gasteiger partial charge in [0.2, 0.25) is 5.91 Å². The molecule has 3 aromatic rings. The molecule has 0 N–H and O–H groups in total. The van der Waals surface area contributed by atoms with E-state index >= 15 is 0 Å². The molecule has 39 heavy (non-hydrogen) atoms. The van der Waals surface area contributed by atoms with Gasteiger partial charge in [-0.25, -0.2) is 4.79 Å². The van der Waals surface area contributed by atoms with Gasteiger partial charge >= 0.3 is 11.9 Å². The van der Waals surface area contributed by atoms with E-state index < -0.39 is 35.2 Å². The lowest BCUT2D eigenvalue weighted by Crippen LogP contribution is -2.27. The van der Waals surface area contributed by atoms with Crippen molar-refractivity contribution in [2.24, 2.45) is 5.92 Å². The van der Waals surface area contributed by atoms with E-state index in [1.165, 1.54) is 53.4 Å². The van der Waals surface area contributed by atoms with Crippen LogP contribution < -0.4 is 14.4 Å². The van der Waals surface area contributed by atoms with E-state index in [9.17, 15) is 29.3 Å². The van der Waals surface area contributed by atoms with E-state index in [0.717, 1.165) is 0 Å². The van der Waals surface area contributed by atoms with E-state index in [-0.39, 0.29) is 41.4 Å². The molecule has 0 aliphatic carbocycles. The SMILES string of the molecule is CCOc1ccc(N2C[C@@H](C(=O)OCC(=O)c3ccc(OC(=O)c4ccc([N+](=O)[O-])cc4)cc3)CC2=O)cc1. The number of nitro benzene ring substituents is 1. The number of benzene rings is 3. The van der Waals surface area contributed by atoms with Gasteiger partial charge in [0, 0.05) is 36.3 Å². The lowest BCUT2D eigenvalue weighted by Gasteiger charge is -2.17. The van der Waals surface area contributed by atoms with Gasteiger partial charge in [0.15, 0.2) is 12.4 Å². The third kappa shape index (κ3) is 6.63. The number of ketones is 1. The van der Waals surface area contributed by atoms with Gasteiger partial charge in [-0.15, -0.1) is 0 Å². The third-order valence-corrected chi connectivity index (χ3v) is 5.96.